The second-order valence-corrected chi connectivity index (χ2v) is 9.60. The Morgan fingerprint density at radius 2 is 1.77 bits per heavy atom. The number of esters is 1. The number of nitrogens with one attached hydrogen (secondary N) is 1. The lowest BCUT2D eigenvalue weighted by Gasteiger charge is -2.16. The Bertz CT molecular complexity index is 1200. The van der Waals surface area contributed by atoms with E-state index < -0.39 is 10.0 Å². The van der Waals surface area contributed by atoms with E-state index in [1.54, 1.807) is 44.2 Å². The molecule has 5 nitrogen and oxygen atoms in total. The molecule has 0 radical (unpaired) electrons. The number of sulfonamides is 1. The van der Waals surface area contributed by atoms with E-state index in [1.165, 1.54) is 7.11 Å². The standard InChI is InChI=1S/C23H24ClNO4S/c1-14(2)25-30(27,28)20-9-6-16(7-10-20)23-15(3)18(12-22(26)29-4)11-17-5-8-19(24)13-21(17)23/h5-11,13-14,25H,12H2,1-4H3. The Morgan fingerprint density at radius 1 is 1.10 bits per heavy atom. The Hall–Kier alpha value is -2.41. The molecule has 0 atom stereocenters. The Kier molecular flexibility index (Phi) is 6.50. The summed E-state index contributed by atoms with van der Waals surface area (Å²) in [5.41, 5.74) is 3.53. The minimum absolute atomic E-state index is 0.151. The van der Waals surface area contributed by atoms with Gasteiger partial charge in [0.2, 0.25) is 10.0 Å². The zero-order chi connectivity index (χ0) is 22.1. The first-order chi connectivity index (χ1) is 14.1. The third-order valence-electron chi connectivity index (χ3n) is 4.88. The van der Waals surface area contributed by atoms with Gasteiger partial charge < -0.3 is 4.74 Å². The Labute approximate surface area is 182 Å². The van der Waals surface area contributed by atoms with Crippen LogP contribution in [0.3, 0.4) is 0 Å². The molecule has 0 heterocycles. The number of carbonyl (C=O) groups is 1. The van der Waals surface area contributed by atoms with Crippen molar-refractivity contribution in [2.75, 3.05) is 7.11 Å². The fourth-order valence-corrected chi connectivity index (χ4v) is 4.91. The maximum Gasteiger partial charge on any atom is 0.309 e. The van der Waals surface area contributed by atoms with E-state index in [0.717, 1.165) is 33.0 Å². The zero-order valence-corrected chi connectivity index (χ0v) is 18.9. The smallest absolute Gasteiger partial charge is 0.309 e. The summed E-state index contributed by atoms with van der Waals surface area (Å²) < 4.78 is 32.3. The van der Waals surface area contributed by atoms with E-state index in [9.17, 15) is 13.2 Å². The van der Waals surface area contributed by atoms with Crippen molar-refractivity contribution in [3.05, 3.63) is 64.7 Å². The molecule has 0 amide bonds. The highest BCUT2D eigenvalue weighted by molar-refractivity contribution is 7.89. The van der Waals surface area contributed by atoms with E-state index in [4.69, 9.17) is 16.3 Å². The molecular formula is C23H24ClNO4S. The van der Waals surface area contributed by atoms with Crippen molar-refractivity contribution in [2.45, 2.75) is 38.1 Å². The number of halogens is 1. The topological polar surface area (TPSA) is 72.5 Å². The van der Waals surface area contributed by atoms with Gasteiger partial charge in [0, 0.05) is 11.1 Å². The monoisotopic (exact) mass is 445 g/mol. The molecule has 0 spiro atoms. The summed E-state index contributed by atoms with van der Waals surface area (Å²) in [4.78, 5) is 12.1. The highest BCUT2D eigenvalue weighted by Crippen LogP contribution is 2.36. The van der Waals surface area contributed by atoms with Gasteiger partial charge in [-0.05, 0) is 78.1 Å². The van der Waals surface area contributed by atoms with Gasteiger partial charge in [-0.1, -0.05) is 35.9 Å². The number of hydrogen-bond acceptors (Lipinski definition) is 4. The van der Waals surface area contributed by atoms with Gasteiger partial charge >= 0.3 is 5.97 Å². The van der Waals surface area contributed by atoms with Gasteiger partial charge in [0.1, 0.15) is 0 Å². The number of methoxy groups -OCH3 is 1. The van der Waals surface area contributed by atoms with Crippen molar-refractivity contribution >= 4 is 38.4 Å². The molecule has 1 N–H and O–H groups in total. The van der Waals surface area contributed by atoms with Gasteiger partial charge in [0.15, 0.2) is 0 Å². The molecule has 0 aliphatic carbocycles. The summed E-state index contributed by atoms with van der Waals surface area (Å²) in [6, 6.07) is 14.1. The van der Waals surface area contributed by atoms with E-state index in [-0.39, 0.29) is 23.3 Å². The van der Waals surface area contributed by atoms with Crippen LogP contribution in [0.2, 0.25) is 5.02 Å². The minimum Gasteiger partial charge on any atom is -0.469 e. The van der Waals surface area contributed by atoms with Gasteiger partial charge in [-0.25, -0.2) is 13.1 Å². The summed E-state index contributed by atoms with van der Waals surface area (Å²) in [6.45, 7) is 5.49. The molecule has 0 bridgehead atoms. The van der Waals surface area contributed by atoms with Crippen LogP contribution in [0.25, 0.3) is 21.9 Å². The predicted octanol–water partition coefficient (Wildman–Crippen LogP) is 4.87. The molecule has 7 heteroatoms. The lowest BCUT2D eigenvalue weighted by molar-refractivity contribution is -0.139. The molecule has 0 saturated carbocycles. The first-order valence-corrected chi connectivity index (χ1v) is 11.4. The summed E-state index contributed by atoms with van der Waals surface area (Å²) in [5.74, 6) is -0.321. The zero-order valence-electron chi connectivity index (χ0n) is 17.3. The van der Waals surface area contributed by atoms with Crippen molar-refractivity contribution in [3.8, 4) is 11.1 Å². The molecule has 3 aromatic rings. The van der Waals surface area contributed by atoms with Crippen molar-refractivity contribution in [3.63, 3.8) is 0 Å². The van der Waals surface area contributed by atoms with Crippen LogP contribution in [0.15, 0.2) is 53.4 Å². The maximum absolute atomic E-state index is 12.4. The number of ether oxygens (including phenoxy) is 1. The molecule has 0 aromatic heterocycles. The van der Waals surface area contributed by atoms with Gasteiger partial charge in [-0.3, -0.25) is 4.79 Å². The fraction of sp³-hybridized carbons (Fsp3) is 0.261. The molecule has 0 fully saturated rings. The van der Waals surface area contributed by atoms with E-state index in [1.807, 2.05) is 25.1 Å². The third kappa shape index (κ3) is 4.67. The summed E-state index contributed by atoms with van der Waals surface area (Å²) in [5, 5.41) is 2.48. The first kappa shape index (κ1) is 22.3. The van der Waals surface area contributed by atoms with E-state index in [2.05, 4.69) is 4.72 Å². The van der Waals surface area contributed by atoms with Crippen LogP contribution >= 0.6 is 11.6 Å². The van der Waals surface area contributed by atoms with Crippen molar-refractivity contribution in [1.82, 2.24) is 4.72 Å². The van der Waals surface area contributed by atoms with Crippen molar-refractivity contribution < 1.29 is 17.9 Å². The Morgan fingerprint density at radius 3 is 2.37 bits per heavy atom. The quantitative estimate of drug-likeness (QED) is 0.549. The number of fused-ring (bicyclic) bond motifs is 1. The molecular weight excluding hydrogens is 422 g/mol. The number of carbonyl (C=O) groups excluding carboxylic acids is 1. The number of benzene rings is 3. The van der Waals surface area contributed by atoms with Gasteiger partial charge in [-0.15, -0.1) is 0 Å². The molecule has 30 heavy (non-hydrogen) atoms. The fourth-order valence-electron chi connectivity index (χ4n) is 3.49. The van der Waals surface area contributed by atoms with Crippen LogP contribution in [0.5, 0.6) is 0 Å². The maximum atomic E-state index is 12.4. The molecule has 0 saturated heterocycles. The lowest BCUT2D eigenvalue weighted by Crippen LogP contribution is -2.30. The summed E-state index contributed by atoms with van der Waals surface area (Å²) in [7, 11) is -2.21. The largest absolute Gasteiger partial charge is 0.469 e. The van der Waals surface area contributed by atoms with E-state index >= 15 is 0 Å². The normalized spacial score (nSPS) is 11.8. The van der Waals surface area contributed by atoms with Crippen LogP contribution in [-0.4, -0.2) is 27.5 Å². The predicted molar refractivity (Wildman–Crippen MR) is 120 cm³/mol. The highest BCUT2D eigenvalue weighted by atomic mass is 35.5. The molecule has 0 aliphatic rings. The molecule has 3 rings (SSSR count). The van der Waals surface area contributed by atoms with Crippen LogP contribution in [0.1, 0.15) is 25.0 Å². The van der Waals surface area contributed by atoms with Gasteiger partial charge in [0.25, 0.3) is 0 Å². The average molecular weight is 446 g/mol. The van der Waals surface area contributed by atoms with Crippen molar-refractivity contribution in [2.24, 2.45) is 0 Å². The number of hydrogen-bond donors (Lipinski definition) is 1. The SMILES string of the molecule is COC(=O)Cc1cc2ccc(Cl)cc2c(-c2ccc(S(=O)(=O)NC(C)C)cc2)c1C. The first-order valence-electron chi connectivity index (χ1n) is 9.53. The highest BCUT2D eigenvalue weighted by Gasteiger charge is 2.18. The molecule has 0 unspecified atom stereocenters. The second-order valence-electron chi connectivity index (χ2n) is 7.45. The molecule has 3 aromatic carbocycles. The second kappa shape index (κ2) is 8.76. The van der Waals surface area contributed by atoms with Gasteiger partial charge in [-0.2, -0.15) is 0 Å². The Balaban J connectivity index is 2.17. The number of rotatable bonds is 6. The van der Waals surface area contributed by atoms with Crippen LogP contribution < -0.4 is 4.72 Å². The van der Waals surface area contributed by atoms with Crippen LogP contribution in [0, 0.1) is 6.92 Å². The average Bonchev–Trinajstić information content (AvgIpc) is 2.68. The lowest BCUT2D eigenvalue weighted by atomic mass is 9.89. The van der Waals surface area contributed by atoms with Crippen LogP contribution in [0.4, 0.5) is 0 Å². The van der Waals surface area contributed by atoms with Crippen molar-refractivity contribution in [1.29, 1.82) is 0 Å². The molecule has 0 aliphatic heterocycles. The van der Waals surface area contributed by atoms with E-state index in [0.29, 0.717) is 5.02 Å². The summed E-state index contributed by atoms with van der Waals surface area (Å²) >= 11 is 6.25. The summed E-state index contributed by atoms with van der Waals surface area (Å²) in [6.07, 6.45) is 0.151. The third-order valence-corrected chi connectivity index (χ3v) is 6.79. The molecule has 158 valence electrons. The van der Waals surface area contributed by atoms with Crippen LogP contribution in [-0.2, 0) is 26.0 Å². The minimum atomic E-state index is -3.58. The van der Waals surface area contributed by atoms with Gasteiger partial charge in [0.05, 0.1) is 18.4 Å².